The van der Waals surface area contributed by atoms with Crippen LogP contribution in [-0.2, 0) is 6.54 Å². The summed E-state index contributed by atoms with van der Waals surface area (Å²) < 4.78 is 3.20. The molecule has 0 aliphatic rings. The van der Waals surface area contributed by atoms with Gasteiger partial charge in [0, 0.05) is 14.7 Å². The monoisotopic (exact) mass is 292 g/mol. The summed E-state index contributed by atoms with van der Waals surface area (Å²) in [6, 6.07) is 10.3. The average Bonchev–Trinajstić information content (AvgIpc) is 2.88. The van der Waals surface area contributed by atoms with Crippen LogP contribution in [0.3, 0.4) is 0 Å². The normalized spacial score (nSPS) is 11.1. The van der Waals surface area contributed by atoms with Crippen molar-refractivity contribution in [2.75, 3.05) is 0 Å². The maximum Gasteiger partial charge on any atom is 0.0770 e. The second kappa shape index (κ2) is 4.03. The molecule has 0 bridgehead atoms. The van der Waals surface area contributed by atoms with Crippen LogP contribution in [0.2, 0.25) is 0 Å². The third kappa shape index (κ3) is 1.68. The zero-order valence-electron chi connectivity index (χ0n) is 8.43. The van der Waals surface area contributed by atoms with E-state index in [1.807, 2.05) is 23.0 Å². The fourth-order valence-electron chi connectivity index (χ4n) is 1.73. The first-order chi connectivity index (χ1) is 7.84. The molecule has 1 aromatic carbocycles. The van der Waals surface area contributed by atoms with Crippen LogP contribution in [-0.4, -0.2) is 9.78 Å². The molecule has 2 nitrogen and oxygen atoms in total. The van der Waals surface area contributed by atoms with Crippen LogP contribution < -0.4 is 0 Å². The highest BCUT2D eigenvalue weighted by Crippen LogP contribution is 2.24. The number of rotatable bonds is 2. The molecular weight excluding hydrogens is 284 g/mol. The lowest BCUT2D eigenvalue weighted by Gasteiger charge is -2.01. The van der Waals surface area contributed by atoms with Crippen molar-refractivity contribution in [1.82, 2.24) is 9.78 Å². The summed E-state index contributed by atoms with van der Waals surface area (Å²) in [6.45, 7) is 0.825. The number of nitrogens with zero attached hydrogens (tertiary/aromatic N) is 2. The van der Waals surface area contributed by atoms with Gasteiger partial charge in [0.1, 0.15) is 0 Å². The first-order valence-corrected chi connectivity index (χ1v) is 6.64. The van der Waals surface area contributed by atoms with Crippen molar-refractivity contribution in [3.8, 4) is 0 Å². The summed E-state index contributed by atoms with van der Waals surface area (Å²) in [4.78, 5) is 1.30. The fraction of sp³-hybridized carbons (Fsp3) is 0.0833. The first kappa shape index (κ1) is 10.1. The van der Waals surface area contributed by atoms with Gasteiger partial charge in [-0.3, -0.25) is 4.68 Å². The highest BCUT2D eigenvalue weighted by Gasteiger charge is 2.05. The molecule has 0 radical (unpaired) electrons. The van der Waals surface area contributed by atoms with Gasteiger partial charge in [0.15, 0.2) is 0 Å². The van der Waals surface area contributed by atoms with E-state index in [-0.39, 0.29) is 0 Å². The van der Waals surface area contributed by atoms with Crippen LogP contribution in [0.25, 0.3) is 10.9 Å². The molecule has 0 amide bonds. The molecule has 0 aliphatic heterocycles. The van der Waals surface area contributed by atoms with Crippen LogP contribution in [0, 0.1) is 0 Å². The molecule has 0 unspecified atom stereocenters. The molecule has 3 aromatic rings. The lowest BCUT2D eigenvalue weighted by molar-refractivity contribution is 0.719. The predicted octanol–water partition coefficient (Wildman–Crippen LogP) is 3.91. The quantitative estimate of drug-likeness (QED) is 0.700. The number of fused-ring (bicyclic) bond motifs is 1. The Morgan fingerprint density at radius 3 is 2.94 bits per heavy atom. The van der Waals surface area contributed by atoms with Crippen LogP contribution >= 0.6 is 27.3 Å². The Balaban J connectivity index is 2.04. The van der Waals surface area contributed by atoms with E-state index in [0.717, 1.165) is 11.0 Å². The first-order valence-electron chi connectivity index (χ1n) is 4.97. The van der Waals surface area contributed by atoms with E-state index in [1.54, 1.807) is 11.3 Å². The third-order valence-electron chi connectivity index (χ3n) is 2.54. The van der Waals surface area contributed by atoms with E-state index in [2.05, 4.69) is 44.6 Å². The Morgan fingerprint density at radius 2 is 2.12 bits per heavy atom. The zero-order chi connectivity index (χ0) is 11.0. The highest BCUT2D eigenvalue weighted by atomic mass is 79.9. The highest BCUT2D eigenvalue weighted by molar-refractivity contribution is 9.10. The molecule has 0 spiro atoms. The standard InChI is InChI=1S/C12H9BrN2S/c13-10-5-6-16-12(10)8-15-11-4-2-1-3-9(11)7-14-15/h1-7H,8H2. The topological polar surface area (TPSA) is 17.8 Å². The van der Waals surface area contributed by atoms with Crippen molar-refractivity contribution in [2.45, 2.75) is 6.54 Å². The maximum absolute atomic E-state index is 4.41. The van der Waals surface area contributed by atoms with Gasteiger partial charge in [-0.1, -0.05) is 18.2 Å². The van der Waals surface area contributed by atoms with Crippen molar-refractivity contribution in [1.29, 1.82) is 0 Å². The van der Waals surface area contributed by atoms with E-state index in [9.17, 15) is 0 Å². The van der Waals surface area contributed by atoms with Crippen LogP contribution in [0.1, 0.15) is 4.88 Å². The van der Waals surface area contributed by atoms with Crippen molar-refractivity contribution in [2.24, 2.45) is 0 Å². The average molecular weight is 293 g/mol. The summed E-state index contributed by atoms with van der Waals surface area (Å²) in [6.07, 6.45) is 1.91. The summed E-state index contributed by atoms with van der Waals surface area (Å²) in [5.74, 6) is 0. The van der Waals surface area contributed by atoms with Gasteiger partial charge in [-0.15, -0.1) is 11.3 Å². The number of benzene rings is 1. The van der Waals surface area contributed by atoms with Crippen LogP contribution in [0.5, 0.6) is 0 Å². The van der Waals surface area contributed by atoms with Gasteiger partial charge in [-0.2, -0.15) is 5.10 Å². The molecule has 2 heterocycles. The SMILES string of the molecule is Brc1ccsc1Cn1ncc2ccccc21. The van der Waals surface area contributed by atoms with Crippen molar-refractivity contribution < 1.29 is 0 Å². The molecule has 16 heavy (non-hydrogen) atoms. The molecule has 0 saturated heterocycles. The third-order valence-corrected chi connectivity index (χ3v) is 4.45. The minimum atomic E-state index is 0.825. The summed E-state index contributed by atoms with van der Waals surface area (Å²) >= 11 is 5.29. The van der Waals surface area contributed by atoms with Crippen molar-refractivity contribution in [3.63, 3.8) is 0 Å². The van der Waals surface area contributed by atoms with Gasteiger partial charge in [0.25, 0.3) is 0 Å². The second-order valence-corrected chi connectivity index (χ2v) is 5.41. The van der Waals surface area contributed by atoms with Crippen LogP contribution in [0.4, 0.5) is 0 Å². The number of thiophene rings is 1. The van der Waals surface area contributed by atoms with Crippen LogP contribution in [0.15, 0.2) is 46.4 Å². The minimum absolute atomic E-state index is 0.825. The maximum atomic E-state index is 4.41. The summed E-state index contributed by atoms with van der Waals surface area (Å²) in [5, 5.41) is 7.69. The lowest BCUT2D eigenvalue weighted by Crippen LogP contribution is -1.99. The molecule has 0 saturated carbocycles. The van der Waals surface area contributed by atoms with E-state index in [4.69, 9.17) is 0 Å². The zero-order valence-corrected chi connectivity index (χ0v) is 10.8. The molecule has 0 fully saturated rings. The van der Waals surface area contributed by atoms with Gasteiger partial charge >= 0.3 is 0 Å². The van der Waals surface area contributed by atoms with Gasteiger partial charge in [-0.25, -0.2) is 0 Å². The molecule has 3 rings (SSSR count). The largest absolute Gasteiger partial charge is 0.260 e. The molecule has 0 aliphatic carbocycles. The van der Waals surface area contributed by atoms with Gasteiger partial charge in [-0.05, 0) is 33.4 Å². The van der Waals surface area contributed by atoms with E-state index in [1.165, 1.54) is 15.8 Å². The predicted molar refractivity (Wildman–Crippen MR) is 70.9 cm³/mol. The van der Waals surface area contributed by atoms with Crippen molar-refractivity contribution in [3.05, 3.63) is 51.3 Å². The second-order valence-electron chi connectivity index (χ2n) is 3.55. The Morgan fingerprint density at radius 1 is 1.25 bits per heavy atom. The Kier molecular flexibility index (Phi) is 2.53. The Hall–Kier alpha value is -1.13. The fourth-order valence-corrected chi connectivity index (χ4v) is 3.18. The number of aromatic nitrogens is 2. The number of halogens is 1. The lowest BCUT2D eigenvalue weighted by atomic mass is 10.2. The molecule has 0 atom stereocenters. The number of hydrogen-bond donors (Lipinski definition) is 0. The summed E-state index contributed by atoms with van der Waals surface area (Å²) in [7, 11) is 0. The molecule has 2 aromatic heterocycles. The number of para-hydroxylation sites is 1. The molecule has 80 valence electrons. The molecule has 0 N–H and O–H groups in total. The molecular formula is C12H9BrN2S. The smallest absolute Gasteiger partial charge is 0.0770 e. The van der Waals surface area contributed by atoms with Gasteiger partial charge < -0.3 is 0 Å². The van der Waals surface area contributed by atoms with Gasteiger partial charge in [0.2, 0.25) is 0 Å². The number of hydrogen-bond acceptors (Lipinski definition) is 2. The summed E-state index contributed by atoms with van der Waals surface area (Å²) in [5.41, 5.74) is 1.18. The van der Waals surface area contributed by atoms with E-state index < -0.39 is 0 Å². The van der Waals surface area contributed by atoms with E-state index in [0.29, 0.717) is 0 Å². The van der Waals surface area contributed by atoms with E-state index >= 15 is 0 Å². The van der Waals surface area contributed by atoms with Gasteiger partial charge in [0.05, 0.1) is 18.3 Å². The minimum Gasteiger partial charge on any atom is -0.260 e. The van der Waals surface area contributed by atoms with Crippen molar-refractivity contribution >= 4 is 38.2 Å². The molecule has 4 heteroatoms. The Bertz CT molecular complexity index is 627. The Labute approximate surface area is 106 Å².